The molecule has 0 atom stereocenters. The molecule has 0 radical (unpaired) electrons. The highest BCUT2D eigenvalue weighted by atomic mass is 32.2. The van der Waals surface area contributed by atoms with E-state index in [1.54, 1.807) is 34.0 Å². The van der Waals surface area contributed by atoms with Crippen molar-refractivity contribution < 1.29 is 13.2 Å². The third-order valence-electron chi connectivity index (χ3n) is 4.43. The quantitative estimate of drug-likeness (QED) is 0.818. The Labute approximate surface area is 158 Å². The molecular formula is C18H23N3O3S2. The van der Waals surface area contributed by atoms with Crippen LogP contribution in [0.2, 0.25) is 0 Å². The van der Waals surface area contributed by atoms with Crippen molar-refractivity contribution in [3.8, 4) is 0 Å². The molecule has 1 aromatic carbocycles. The van der Waals surface area contributed by atoms with E-state index >= 15 is 0 Å². The largest absolute Gasteiger partial charge is 0.352 e. The molecule has 1 fully saturated rings. The molecule has 0 unspecified atom stereocenters. The molecule has 26 heavy (non-hydrogen) atoms. The fourth-order valence-corrected chi connectivity index (χ4v) is 5.11. The Morgan fingerprint density at radius 3 is 2.42 bits per heavy atom. The SMILES string of the molecule is O=C(NCCc1nccs1)c1ccc(S(=O)(=O)N2CCCCCC2)cc1. The zero-order valence-electron chi connectivity index (χ0n) is 14.6. The number of thiazole rings is 1. The Bertz CT molecular complexity index is 810. The molecule has 1 aliphatic heterocycles. The van der Waals surface area contributed by atoms with Crippen LogP contribution in [0.1, 0.15) is 41.0 Å². The van der Waals surface area contributed by atoms with Crippen LogP contribution in [0.5, 0.6) is 0 Å². The van der Waals surface area contributed by atoms with Crippen LogP contribution in [0.15, 0.2) is 40.7 Å². The number of carbonyl (C=O) groups is 1. The van der Waals surface area contributed by atoms with E-state index in [1.807, 2.05) is 5.38 Å². The molecule has 1 N–H and O–H groups in total. The molecule has 1 amide bonds. The number of rotatable bonds is 6. The lowest BCUT2D eigenvalue weighted by Gasteiger charge is -2.20. The van der Waals surface area contributed by atoms with Gasteiger partial charge in [0.1, 0.15) is 0 Å². The minimum atomic E-state index is -3.48. The van der Waals surface area contributed by atoms with Crippen molar-refractivity contribution >= 4 is 27.3 Å². The van der Waals surface area contributed by atoms with Crippen LogP contribution in [-0.4, -0.2) is 43.2 Å². The first-order chi connectivity index (χ1) is 12.6. The second-order valence-corrected chi connectivity index (χ2v) is 9.19. The first kappa shape index (κ1) is 19.0. The molecule has 0 spiro atoms. The van der Waals surface area contributed by atoms with Gasteiger partial charge in [-0.3, -0.25) is 4.79 Å². The number of hydrogen-bond acceptors (Lipinski definition) is 5. The maximum atomic E-state index is 12.7. The van der Waals surface area contributed by atoms with Crippen LogP contribution >= 0.6 is 11.3 Å². The highest BCUT2D eigenvalue weighted by molar-refractivity contribution is 7.89. The number of benzene rings is 1. The second kappa shape index (κ2) is 8.75. The molecule has 0 saturated carbocycles. The van der Waals surface area contributed by atoms with E-state index < -0.39 is 10.0 Å². The Kier molecular flexibility index (Phi) is 6.39. The van der Waals surface area contributed by atoms with E-state index in [0.717, 1.165) is 30.7 Å². The van der Waals surface area contributed by atoms with Crippen molar-refractivity contribution in [2.24, 2.45) is 0 Å². The number of carbonyl (C=O) groups excluding carboxylic acids is 1. The summed E-state index contributed by atoms with van der Waals surface area (Å²) < 4.78 is 27.0. The molecule has 2 aromatic rings. The van der Waals surface area contributed by atoms with Gasteiger partial charge < -0.3 is 5.32 Å². The van der Waals surface area contributed by atoms with Crippen LogP contribution in [0.25, 0.3) is 0 Å². The third kappa shape index (κ3) is 4.69. The number of aromatic nitrogens is 1. The van der Waals surface area contributed by atoms with Crippen molar-refractivity contribution in [1.82, 2.24) is 14.6 Å². The molecule has 1 saturated heterocycles. The molecular weight excluding hydrogens is 370 g/mol. The molecule has 1 aliphatic rings. The standard InChI is InChI=1S/C18H23N3O3S2/c22-18(20-10-9-17-19-11-14-25-17)15-5-7-16(8-6-15)26(23,24)21-12-3-1-2-4-13-21/h5-8,11,14H,1-4,9-10,12-13H2,(H,20,22). The Morgan fingerprint density at radius 2 is 1.81 bits per heavy atom. The Balaban J connectivity index is 1.60. The van der Waals surface area contributed by atoms with E-state index in [9.17, 15) is 13.2 Å². The molecule has 8 heteroatoms. The lowest BCUT2D eigenvalue weighted by Crippen LogP contribution is -2.32. The van der Waals surface area contributed by atoms with Gasteiger partial charge in [-0.1, -0.05) is 12.8 Å². The normalized spacial score (nSPS) is 16.2. The van der Waals surface area contributed by atoms with Gasteiger partial charge in [0.25, 0.3) is 5.91 Å². The first-order valence-electron chi connectivity index (χ1n) is 8.84. The van der Waals surface area contributed by atoms with E-state index in [4.69, 9.17) is 0 Å². The van der Waals surface area contributed by atoms with E-state index in [2.05, 4.69) is 10.3 Å². The summed E-state index contributed by atoms with van der Waals surface area (Å²) in [4.78, 5) is 16.6. The lowest BCUT2D eigenvalue weighted by molar-refractivity contribution is 0.0954. The second-order valence-electron chi connectivity index (χ2n) is 6.27. The molecule has 3 rings (SSSR count). The predicted octanol–water partition coefficient (Wildman–Crippen LogP) is 2.68. The van der Waals surface area contributed by atoms with Gasteiger partial charge in [-0.15, -0.1) is 11.3 Å². The van der Waals surface area contributed by atoms with Crippen molar-refractivity contribution in [3.63, 3.8) is 0 Å². The number of nitrogens with one attached hydrogen (secondary N) is 1. The number of nitrogens with zero attached hydrogens (tertiary/aromatic N) is 2. The van der Waals surface area contributed by atoms with Gasteiger partial charge in [0.2, 0.25) is 10.0 Å². The summed E-state index contributed by atoms with van der Waals surface area (Å²) in [6, 6.07) is 6.19. The molecule has 1 aromatic heterocycles. The van der Waals surface area contributed by atoms with Gasteiger partial charge in [0, 0.05) is 43.2 Å². The van der Waals surface area contributed by atoms with Gasteiger partial charge >= 0.3 is 0 Å². The molecule has 6 nitrogen and oxygen atoms in total. The van der Waals surface area contributed by atoms with Gasteiger partial charge in [-0.25, -0.2) is 13.4 Å². The topological polar surface area (TPSA) is 79.4 Å². The number of hydrogen-bond donors (Lipinski definition) is 1. The number of amides is 1. The molecule has 0 aliphatic carbocycles. The van der Waals surface area contributed by atoms with Gasteiger partial charge in [0.15, 0.2) is 0 Å². The van der Waals surface area contributed by atoms with Crippen molar-refractivity contribution in [1.29, 1.82) is 0 Å². The fourth-order valence-electron chi connectivity index (χ4n) is 2.97. The molecule has 0 bridgehead atoms. The molecule has 140 valence electrons. The summed E-state index contributed by atoms with van der Waals surface area (Å²) in [5.41, 5.74) is 0.457. The predicted molar refractivity (Wildman–Crippen MR) is 102 cm³/mol. The molecule has 2 heterocycles. The van der Waals surface area contributed by atoms with Crippen molar-refractivity contribution in [2.45, 2.75) is 37.0 Å². The van der Waals surface area contributed by atoms with Crippen LogP contribution in [0.4, 0.5) is 0 Å². The van der Waals surface area contributed by atoms with Crippen LogP contribution in [-0.2, 0) is 16.4 Å². The number of sulfonamides is 1. The van der Waals surface area contributed by atoms with Gasteiger partial charge in [0.05, 0.1) is 9.90 Å². The van der Waals surface area contributed by atoms with Crippen molar-refractivity contribution in [3.05, 3.63) is 46.4 Å². The first-order valence-corrected chi connectivity index (χ1v) is 11.2. The summed E-state index contributed by atoms with van der Waals surface area (Å²) in [5.74, 6) is -0.208. The minimum absolute atomic E-state index is 0.208. The smallest absolute Gasteiger partial charge is 0.251 e. The lowest BCUT2D eigenvalue weighted by atomic mass is 10.2. The summed E-state index contributed by atoms with van der Waals surface area (Å²) in [6.45, 7) is 1.64. The Hall–Kier alpha value is -1.77. The third-order valence-corrected chi connectivity index (χ3v) is 7.18. The maximum absolute atomic E-state index is 12.7. The zero-order chi connectivity index (χ0) is 18.4. The van der Waals surface area contributed by atoms with Crippen LogP contribution in [0.3, 0.4) is 0 Å². The van der Waals surface area contributed by atoms with E-state index in [1.165, 1.54) is 12.1 Å². The fraction of sp³-hybridized carbons (Fsp3) is 0.444. The highest BCUT2D eigenvalue weighted by Crippen LogP contribution is 2.20. The zero-order valence-corrected chi connectivity index (χ0v) is 16.2. The van der Waals surface area contributed by atoms with E-state index in [0.29, 0.717) is 31.6 Å². The maximum Gasteiger partial charge on any atom is 0.251 e. The summed E-state index contributed by atoms with van der Waals surface area (Å²) in [6.07, 6.45) is 6.38. The highest BCUT2D eigenvalue weighted by Gasteiger charge is 2.25. The average molecular weight is 394 g/mol. The van der Waals surface area contributed by atoms with Crippen LogP contribution in [0, 0.1) is 0 Å². The Morgan fingerprint density at radius 1 is 1.12 bits per heavy atom. The summed E-state index contributed by atoms with van der Waals surface area (Å²) >= 11 is 1.56. The van der Waals surface area contributed by atoms with Gasteiger partial charge in [-0.2, -0.15) is 4.31 Å². The summed E-state index contributed by atoms with van der Waals surface area (Å²) in [7, 11) is -3.48. The van der Waals surface area contributed by atoms with E-state index in [-0.39, 0.29) is 10.8 Å². The average Bonchev–Trinajstić information content (AvgIpc) is 3.00. The minimum Gasteiger partial charge on any atom is -0.352 e. The monoisotopic (exact) mass is 393 g/mol. The van der Waals surface area contributed by atoms with Crippen molar-refractivity contribution in [2.75, 3.05) is 19.6 Å². The van der Waals surface area contributed by atoms with Gasteiger partial charge in [-0.05, 0) is 37.1 Å². The van der Waals surface area contributed by atoms with Crippen LogP contribution < -0.4 is 5.32 Å². The summed E-state index contributed by atoms with van der Waals surface area (Å²) in [5, 5.41) is 5.71.